The maximum atomic E-state index is 5.17. The molecule has 0 saturated carbocycles. The molecule has 0 N–H and O–H groups in total. The number of nitrogens with zero attached hydrogens (tertiary/aromatic N) is 3. The van der Waals surface area contributed by atoms with Crippen molar-refractivity contribution >= 4 is 45.5 Å². The van der Waals surface area contributed by atoms with Crippen LogP contribution < -0.4 is 14.7 Å². The molecule has 3 heteroatoms. The number of allylic oxidation sites excluding steroid dienone is 4. The average Bonchev–Trinajstić information content (AvgIpc) is 3.54. The first kappa shape index (κ1) is 50.0. The van der Waals surface area contributed by atoms with E-state index in [1.54, 1.807) is 0 Å². The maximum absolute atomic E-state index is 5.17. The van der Waals surface area contributed by atoms with Gasteiger partial charge < -0.3 is 14.7 Å². The Hall–Kier alpha value is -9.18. The number of benzene rings is 10. The van der Waals surface area contributed by atoms with Crippen molar-refractivity contribution in [2.24, 2.45) is 0 Å². The molecule has 1 aliphatic rings. The van der Waals surface area contributed by atoms with Gasteiger partial charge in [0.25, 0.3) is 0 Å². The molecule has 0 fully saturated rings. The van der Waals surface area contributed by atoms with Crippen LogP contribution in [0.2, 0.25) is 0 Å². The highest BCUT2D eigenvalue weighted by Crippen LogP contribution is 2.58. The van der Waals surface area contributed by atoms with E-state index in [-0.39, 0.29) is 0 Å². The first-order chi connectivity index (χ1) is 37.5. The number of hydrogen-bond donors (Lipinski definition) is 0. The van der Waals surface area contributed by atoms with Crippen LogP contribution in [-0.2, 0) is 5.41 Å². The van der Waals surface area contributed by atoms with Gasteiger partial charge in [-0.25, -0.2) is 0 Å². The van der Waals surface area contributed by atoms with Crippen LogP contribution in [0.1, 0.15) is 57.0 Å². The number of rotatable bonds is 13. The fourth-order valence-corrected chi connectivity index (χ4v) is 11.5. The minimum absolute atomic E-state index is 0.815. The highest BCUT2D eigenvalue weighted by molar-refractivity contribution is 5.90. The lowest BCUT2D eigenvalue weighted by Crippen LogP contribution is -2.37. The van der Waals surface area contributed by atoms with Gasteiger partial charge >= 0.3 is 0 Å². The van der Waals surface area contributed by atoms with Gasteiger partial charge in [-0.3, -0.25) is 0 Å². The van der Waals surface area contributed by atoms with Crippen molar-refractivity contribution in [2.75, 3.05) is 14.7 Å². The first-order valence-corrected chi connectivity index (χ1v) is 26.8. The van der Waals surface area contributed by atoms with E-state index in [1.807, 2.05) is 0 Å². The molecule has 0 amide bonds. The minimum atomic E-state index is -0.815. The van der Waals surface area contributed by atoms with E-state index in [9.17, 15) is 0 Å². The third-order valence-electron chi connectivity index (χ3n) is 16.0. The van der Waals surface area contributed by atoms with Crippen molar-refractivity contribution in [2.45, 2.75) is 53.9 Å². The van der Waals surface area contributed by atoms with Gasteiger partial charge in [0.2, 0.25) is 0 Å². The van der Waals surface area contributed by atoms with Crippen LogP contribution in [0.25, 0.3) is 22.3 Å². The fraction of sp³-hybridized carbons (Fsp3) is 0.108. The number of anilines is 8. The van der Waals surface area contributed by atoms with E-state index in [0.717, 1.165) is 73.5 Å². The highest BCUT2D eigenvalue weighted by atomic mass is 15.2. The number of fused-ring (bicyclic) bond motifs is 2. The molecule has 376 valence electrons. The van der Waals surface area contributed by atoms with Crippen LogP contribution in [0, 0.1) is 41.5 Å². The SMILES string of the molecule is C=C(/C=C\C(=C/C)N(c1ccc(-c2ccccc2)cc1)c1cc(C)c(C)c(C)c1)C1(c2ccc(N(c3ccc(-c4ccccc4)cc3)c3cc(C)c(C)c(C)c3)cc2)c2ccccc2N(c2ccccc2)c2ccccc21. The van der Waals surface area contributed by atoms with E-state index in [1.165, 1.54) is 55.6 Å². The summed E-state index contributed by atoms with van der Waals surface area (Å²) >= 11 is 0. The molecule has 0 spiro atoms. The molecular weight excluding hydrogens is 931 g/mol. The van der Waals surface area contributed by atoms with E-state index < -0.39 is 5.41 Å². The largest absolute Gasteiger partial charge is 0.311 e. The molecule has 10 aromatic rings. The van der Waals surface area contributed by atoms with Crippen LogP contribution in [0.3, 0.4) is 0 Å². The van der Waals surface area contributed by atoms with Crippen molar-refractivity contribution in [3.63, 3.8) is 0 Å². The second-order valence-corrected chi connectivity index (χ2v) is 20.5. The van der Waals surface area contributed by atoms with Crippen molar-refractivity contribution in [1.29, 1.82) is 0 Å². The predicted molar refractivity (Wildman–Crippen MR) is 328 cm³/mol. The van der Waals surface area contributed by atoms with Gasteiger partial charge in [-0.1, -0.05) is 170 Å². The molecule has 77 heavy (non-hydrogen) atoms. The molecule has 0 aromatic heterocycles. The molecule has 0 bridgehead atoms. The smallest absolute Gasteiger partial charge is 0.0736 e. The van der Waals surface area contributed by atoms with Crippen LogP contribution in [0.15, 0.2) is 273 Å². The van der Waals surface area contributed by atoms with Crippen LogP contribution >= 0.6 is 0 Å². The summed E-state index contributed by atoms with van der Waals surface area (Å²) in [6.07, 6.45) is 6.76. The van der Waals surface area contributed by atoms with E-state index in [2.05, 4.69) is 318 Å². The van der Waals surface area contributed by atoms with Crippen molar-refractivity contribution in [1.82, 2.24) is 0 Å². The molecule has 0 atom stereocenters. The molecule has 10 aromatic carbocycles. The van der Waals surface area contributed by atoms with Crippen molar-refractivity contribution in [3.8, 4) is 22.3 Å². The summed E-state index contributed by atoms with van der Waals surface area (Å²) in [5, 5.41) is 0. The zero-order valence-electron chi connectivity index (χ0n) is 45.3. The molecule has 11 rings (SSSR count). The van der Waals surface area contributed by atoms with Gasteiger partial charge in [0, 0.05) is 39.8 Å². The van der Waals surface area contributed by atoms with Crippen molar-refractivity contribution < 1.29 is 0 Å². The van der Waals surface area contributed by atoms with Crippen LogP contribution in [0.4, 0.5) is 45.5 Å². The van der Waals surface area contributed by atoms with Gasteiger partial charge in [0.1, 0.15) is 0 Å². The Morgan fingerprint density at radius 2 is 0.792 bits per heavy atom. The normalized spacial score (nSPS) is 12.8. The van der Waals surface area contributed by atoms with Gasteiger partial charge in [0.15, 0.2) is 0 Å². The second-order valence-electron chi connectivity index (χ2n) is 20.5. The van der Waals surface area contributed by atoms with E-state index in [0.29, 0.717) is 0 Å². The Labute approximate surface area is 456 Å². The second kappa shape index (κ2) is 21.2. The Bertz CT molecular complexity index is 3720. The van der Waals surface area contributed by atoms with Gasteiger partial charge in [-0.2, -0.15) is 0 Å². The summed E-state index contributed by atoms with van der Waals surface area (Å²) in [6.45, 7) is 20.6. The molecule has 0 saturated heterocycles. The van der Waals surface area contributed by atoms with Crippen LogP contribution in [-0.4, -0.2) is 0 Å². The number of hydrogen-bond acceptors (Lipinski definition) is 3. The number of para-hydroxylation sites is 3. The zero-order chi connectivity index (χ0) is 53.2. The van der Waals surface area contributed by atoms with E-state index >= 15 is 0 Å². The Balaban J connectivity index is 1.08. The molecule has 0 radical (unpaired) electrons. The van der Waals surface area contributed by atoms with E-state index in [4.69, 9.17) is 6.58 Å². The summed E-state index contributed by atoms with van der Waals surface area (Å²) < 4.78 is 0. The quantitative estimate of drug-likeness (QED) is 0.107. The summed E-state index contributed by atoms with van der Waals surface area (Å²) in [5.41, 5.74) is 25.8. The summed E-state index contributed by atoms with van der Waals surface area (Å²) in [5.74, 6) is 0. The first-order valence-electron chi connectivity index (χ1n) is 26.8. The Morgan fingerprint density at radius 1 is 0.403 bits per heavy atom. The molecular formula is C74H65N3. The average molecular weight is 996 g/mol. The van der Waals surface area contributed by atoms with Crippen LogP contribution in [0.5, 0.6) is 0 Å². The maximum Gasteiger partial charge on any atom is 0.0736 e. The third kappa shape index (κ3) is 9.29. The lowest BCUT2D eigenvalue weighted by molar-refractivity contribution is 0.732. The van der Waals surface area contributed by atoms with Gasteiger partial charge in [-0.15, -0.1) is 0 Å². The lowest BCUT2D eigenvalue weighted by atomic mass is 9.62. The standard InChI is InChI=1S/C74H65N3/c1-9-63(75(68-47-51(2)56(7)52(3)48-68)65-41-34-60(35-42-65)58-23-13-10-14-24-58)40-33-55(6)74(70-29-19-21-31-72(70)77(64-27-17-12-18-28-64)73-32-22-20-30-71(73)74)62-38-45-67(46-39-62)76(69-49-53(4)57(8)54(5)50-69)66-43-36-61(37-44-66)59-25-15-11-16-26-59/h9-50H,6H2,1-5,7-8H3/b40-33-,63-9+. The highest BCUT2D eigenvalue weighted by Gasteiger charge is 2.46. The minimum Gasteiger partial charge on any atom is -0.311 e. The summed E-state index contributed by atoms with van der Waals surface area (Å²) in [6, 6.07) is 86.2. The monoisotopic (exact) mass is 996 g/mol. The van der Waals surface area contributed by atoms with Gasteiger partial charge in [-0.05, 0) is 217 Å². The molecule has 0 unspecified atom stereocenters. The Kier molecular flexibility index (Phi) is 13.8. The molecule has 0 aliphatic carbocycles. The molecule has 3 nitrogen and oxygen atoms in total. The lowest BCUT2D eigenvalue weighted by Gasteiger charge is -2.46. The summed E-state index contributed by atoms with van der Waals surface area (Å²) in [4.78, 5) is 7.19. The fourth-order valence-electron chi connectivity index (χ4n) is 11.5. The molecule has 1 heterocycles. The topological polar surface area (TPSA) is 9.72 Å². The predicted octanol–water partition coefficient (Wildman–Crippen LogP) is 20.3. The zero-order valence-corrected chi connectivity index (χ0v) is 45.3. The van der Waals surface area contributed by atoms with Crippen molar-refractivity contribution in [3.05, 3.63) is 323 Å². The summed E-state index contributed by atoms with van der Waals surface area (Å²) in [7, 11) is 0. The molecule has 1 aliphatic heterocycles. The van der Waals surface area contributed by atoms with Gasteiger partial charge in [0.05, 0.1) is 16.8 Å². The number of aryl methyl sites for hydroxylation is 4. The Morgan fingerprint density at radius 3 is 1.26 bits per heavy atom. The third-order valence-corrected chi connectivity index (χ3v) is 16.0.